The summed E-state index contributed by atoms with van der Waals surface area (Å²) in [4.78, 5) is 23.4. The Kier molecular flexibility index (Phi) is 31.6. The summed E-state index contributed by atoms with van der Waals surface area (Å²) in [6.07, 6.45) is 21.3. The number of hydrogen-bond donors (Lipinski definition) is 9. The largest absolute Gasteiger partial charge is 0.472 e. The van der Waals surface area contributed by atoms with Gasteiger partial charge in [0.1, 0.15) is 36.6 Å². The van der Waals surface area contributed by atoms with Crippen molar-refractivity contribution in [3.05, 3.63) is 24.3 Å². The molecule has 8 atom stereocenters. The zero-order valence-electron chi connectivity index (χ0n) is 35.3. The Morgan fingerprint density at radius 1 is 0.614 bits per heavy atom. The molecule has 14 heteroatoms. The third-order valence-corrected chi connectivity index (χ3v) is 11.8. The van der Waals surface area contributed by atoms with E-state index in [9.17, 15) is 50.0 Å². The predicted molar refractivity (Wildman–Crippen MR) is 224 cm³/mol. The van der Waals surface area contributed by atoms with Crippen LogP contribution in [0, 0.1) is 0 Å². The van der Waals surface area contributed by atoms with Gasteiger partial charge in [0.15, 0.2) is 0 Å². The van der Waals surface area contributed by atoms with Crippen molar-refractivity contribution in [1.82, 2.24) is 5.32 Å². The van der Waals surface area contributed by atoms with Gasteiger partial charge >= 0.3 is 7.82 Å². The monoisotopic (exact) mass is 836 g/mol. The zero-order valence-corrected chi connectivity index (χ0v) is 36.1. The van der Waals surface area contributed by atoms with Crippen molar-refractivity contribution in [1.29, 1.82) is 0 Å². The molecule has 0 radical (unpaired) electrons. The van der Waals surface area contributed by atoms with Crippen LogP contribution in [0.4, 0.5) is 0 Å². The minimum absolute atomic E-state index is 0.254. The molecule has 0 heterocycles. The van der Waals surface area contributed by atoms with E-state index >= 15 is 0 Å². The first-order chi connectivity index (χ1) is 27.3. The van der Waals surface area contributed by atoms with Crippen LogP contribution < -0.4 is 5.32 Å². The van der Waals surface area contributed by atoms with Crippen molar-refractivity contribution < 1.29 is 59.0 Å². The molecule has 1 aliphatic rings. The molecule has 1 fully saturated rings. The SMILES string of the molecule is CCCCCCCCC/C=C\CCCCCC(O)CC(=O)NC(COP(=O)(O)OC1C(O)C(O)C(O)C(O)C1O)C(O)/C=C/CCCCCCCCCCCCC. The Morgan fingerprint density at radius 3 is 1.49 bits per heavy atom. The average Bonchev–Trinajstić information content (AvgIpc) is 3.18. The highest BCUT2D eigenvalue weighted by molar-refractivity contribution is 7.47. The van der Waals surface area contributed by atoms with Crippen LogP contribution in [0.2, 0.25) is 0 Å². The molecule has 9 N–H and O–H groups in total. The molecule has 8 unspecified atom stereocenters. The molecule has 57 heavy (non-hydrogen) atoms. The summed E-state index contributed by atoms with van der Waals surface area (Å²) in [5, 5.41) is 74.3. The van der Waals surface area contributed by atoms with Crippen molar-refractivity contribution in [2.24, 2.45) is 0 Å². The van der Waals surface area contributed by atoms with Gasteiger partial charge in [0.25, 0.3) is 0 Å². The number of phosphoric ester groups is 1. The number of hydrogen-bond acceptors (Lipinski definition) is 11. The van der Waals surface area contributed by atoms with Gasteiger partial charge < -0.3 is 46.0 Å². The molecular weight excluding hydrogens is 753 g/mol. The van der Waals surface area contributed by atoms with Gasteiger partial charge in [0.2, 0.25) is 5.91 Å². The van der Waals surface area contributed by atoms with Crippen LogP contribution in [-0.2, 0) is 18.4 Å². The maximum absolute atomic E-state index is 13.0. The number of allylic oxidation sites excluding steroid dienone is 3. The molecule has 0 bridgehead atoms. The van der Waals surface area contributed by atoms with Gasteiger partial charge in [-0.25, -0.2) is 4.57 Å². The molecule has 13 nitrogen and oxygen atoms in total. The Bertz CT molecular complexity index is 1080. The van der Waals surface area contributed by atoms with E-state index in [0.29, 0.717) is 12.8 Å². The zero-order chi connectivity index (χ0) is 42.3. The molecule has 0 aromatic carbocycles. The van der Waals surface area contributed by atoms with E-state index in [1.165, 1.54) is 102 Å². The number of aliphatic hydroxyl groups excluding tert-OH is 7. The number of amides is 1. The number of unbranched alkanes of at least 4 members (excludes halogenated alkanes) is 21. The van der Waals surface area contributed by atoms with E-state index in [1.54, 1.807) is 6.08 Å². The Morgan fingerprint density at radius 2 is 1.02 bits per heavy atom. The average molecular weight is 836 g/mol. The highest BCUT2D eigenvalue weighted by Gasteiger charge is 2.51. The fraction of sp³-hybridized carbons (Fsp3) is 0.884. The Hall–Kier alpha value is -1.22. The maximum Gasteiger partial charge on any atom is 0.472 e. The van der Waals surface area contributed by atoms with Crippen LogP contribution in [0.25, 0.3) is 0 Å². The Labute approximate surface area is 344 Å². The van der Waals surface area contributed by atoms with Crippen molar-refractivity contribution >= 4 is 13.7 Å². The molecular formula is C43H82NO12P. The summed E-state index contributed by atoms with van der Waals surface area (Å²) in [6.45, 7) is 3.71. The fourth-order valence-corrected chi connectivity index (χ4v) is 8.02. The lowest BCUT2D eigenvalue weighted by Crippen LogP contribution is -2.64. The minimum Gasteiger partial charge on any atom is -0.393 e. The first-order valence-electron chi connectivity index (χ1n) is 22.4. The fourth-order valence-electron chi connectivity index (χ4n) is 7.06. The lowest BCUT2D eigenvalue weighted by atomic mass is 9.85. The number of nitrogens with one attached hydrogen (secondary N) is 1. The van der Waals surface area contributed by atoms with E-state index in [1.807, 2.05) is 0 Å². The summed E-state index contributed by atoms with van der Waals surface area (Å²) in [5.41, 5.74) is 0. The molecule has 1 rings (SSSR count). The van der Waals surface area contributed by atoms with E-state index in [2.05, 4.69) is 31.3 Å². The normalized spacial score (nSPS) is 24.2. The molecule has 1 amide bonds. The summed E-state index contributed by atoms with van der Waals surface area (Å²) in [5.74, 6) is -0.603. The topological polar surface area (TPSA) is 226 Å². The smallest absolute Gasteiger partial charge is 0.393 e. The number of carbonyl (C=O) groups is 1. The van der Waals surface area contributed by atoms with Crippen molar-refractivity contribution in [2.75, 3.05) is 6.61 Å². The van der Waals surface area contributed by atoms with Crippen LogP contribution in [0.5, 0.6) is 0 Å². The summed E-state index contributed by atoms with van der Waals surface area (Å²) >= 11 is 0. The second-order valence-electron chi connectivity index (χ2n) is 16.1. The maximum atomic E-state index is 13.0. The summed E-state index contributed by atoms with van der Waals surface area (Å²) < 4.78 is 22.8. The quantitative estimate of drug-likeness (QED) is 0.0180. The molecule has 0 spiro atoms. The van der Waals surface area contributed by atoms with Gasteiger partial charge in [-0.1, -0.05) is 154 Å². The van der Waals surface area contributed by atoms with Crippen LogP contribution in [0.15, 0.2) is 24.3 Å². The van der Waals surface area contributed by atoms with Gasteiger partial charge in [0.05, 0.1) is 31.3 Å². The minimum atomic E-state index is -5.14. The van der Waals surface area contributed by atoms with Crippen LogP contribution in [-0.4, -0.2) is 108 Å². The molecule has 0 aromatic heterocycles. The number of phosphoric acid groups is 1. The molecule has 0 saturated heterocycles. The highest BCUT2D eigenvalue weighted by atomic mass is 31.2. The van der Waals surface area contributed by atoms with Crippen molar-refractivity contribution in [3.63, 3.8) is 0 Å². The number of carbonyl (C=O) groups excluding carboxylic acids is 1. The van der Waals surface area contributed by atoms with E-state index in [0.717, 1.165) is 51.4 Å². The van der Waals surface area contributed by atoms with Gasteiger partial charge in [-0.15, -0.1) is 0 Å². The molecule has 0 aliphatic heterocycles. The van der Waals surface area contributed by atoms with Gasteiger partial charge in [-0.2, -0.15) is 0 Å². The molecule has 1 aliphatic carbocycles. The molecule has 0 aromatic rings. The van der Waals surface area contributed by atoms with Gasteiger partial charge in [-0.05, 0) is 44.9 Å². The predicted octanol–water partition coefficient (Wildman–Crippen LogP) is 6.81. The lowest BCUT2D eigenvalue weighted by Gasteiger charge is -2.41. The second-order valence-corrected chi connectivity index (χ2v) is 17.5. The van der Waals surface area contributed by atoms with Crippen LogP contribution in [0.3, 0.4) is 0 Å². The molecule has 336 valence electrons. The number of aliphatic hydroxyl groups is 7. The third-order valence-electron chi connectivity index (χ3n) is 10.8. The standard InChI is InChI=1S/C43H82NO12P/c1-3-5-7-9-11-13-15-17-19-20-22-24-26-28-30-34(45)32-37(47)44-35(36(46)31-29-27-25-23-21-18-16-14-12-10-8-6-4-2)33-55-57(53,54)56-43-41(51)39(49)38(48)40(50)42(43)52/h19-20,29,31,34-36,38-43,45-46,48-52H,3-18,21-28,30,32-33H2,1-2H3,(H,44,47)(H,53,54)/b20-19-,31-29+. The lowest BCUT2D eigenvalue weighted by molar-refractivity contribution is -0.220. The van der Waals surface area contributed by atoms with Crippen molar-refractivity contribution in [2.45, 2.75) is 236 Å². The van der Waals surface area contributed by atoms with Gasteiger partial charge in [0, 0.05) is 0 Å². The van der Waals surface area contributed by atoms with Crippen molar-refractivity contribution in [3.8, 4) is 0 Å². The summed E-state index contributed by atoms with van der Waals surface area (Å²) in [6, 6.07) is -1.24. The summed E-state index contributed by atoms with van der Waals surface area (Å²) in [7, 11) is -5.14. The van der Waals surface area contributed by atoms with E-state index in [-0.39, 0.29) is 6.42 Å². The first-order valence-corrected chi connectivity index (χ1v) is 23.9. The number of rotatable bonds is 36. The van der Waals surface area contributed by atoms with Crippen LogP contribution in [0.1, 0.15) is 181 Å². The van der Waals surface area contributed by atoms with E-state index in [4.69, 9.17) is 9.05 Å². The second kappa shape index (κ2) is 33.5. The Balaban J connectivity index is 2.59. The highest BCUT2D eigenvalue weighted by Crippen LogP contribution is 2.47. The van der Waals surface area contributed by atoms with Gasteiger partial charge in [-0.3, -0.25) is 13.8 Å². The first kappa shape index (κ1) is 53.8. The molecule has 1 saturated carbocycles. The third kappa shape index (κ3) is 25.9. The van der Waals surface area contributed by atoms with E-state index < -0.39 is 75.2 Å². The van der Waals surface area contributed by atoms with Crippen LogP contribution >= 0.6 is 7.82 Å².